The highest BCUT2D eigenvalue weighted by molar-refractivity contribution is 6.47. The topological polar surface area (TPSA) is 42.8 Å². The SMILES string of the molecule is C[O+]=C1C=C2CC=C(O)C2=CC1=[O+]C. The summed E-state index contributed by atoms with van der Waals surface area (Å²) in [6.07, 6.45) is 6.23. The highest BCUT2D eigenvalue weighted by atomic mass is 16.4. The van der Waals surface area contributed by atoms with Gasteiger partial charge in [0.1, 0.15) is 5.76 Å². The summed E-state index contributed by atoms with van der Waals surface area (Å²) in [5.74, 6) is 1.67. The average Bonchev–Trinajstić information content (AvgIpc) is 2.58. The molecule has 0 atom stereocenters. The highest BCUT2D eigenvalue weighted by Crippen LogP contribution is 2.31. The predicted octanol–water partition coefficient (Wildman–Crippen LogP) is 1.17. The smallest absolute Gasteiger partial charge is 0.445 e. The van der Waals surface area contributed by atoms with Crippen LogP contribution in [0.25, 0.3) is 0 Å². The molecule has 72 valence electrons. The van der Waals surface area contributed by atoms with E-state index in [0.29, 0.717) is 17.3 Å². The van der Waals surface area contributed by atoms with Gasteiger partial charge in [-0.15, -0.1) is 0 Å². The van der Waals surface area contributed by atoms with Crippen LogP contribution in [0.1, 0.15) is 6.42 Å². The van der Waals surface area contributed by atoms with E-state index in [2.05, 4.69) is 0 Å². The summed E-state index contributed by atoms with van der Waals surface area (Å²) in [6, 6.07) is 0. The van der Waals surface area contributed by atoms with E-state index < -0.39 is 0 Å². The third-order valence-electron chi connectivity index (χ3n) is 2.40. The van der Waals surface area contributed by atoms with Crippen molar-refractivity contribution in [2.75, 3.05) is 14.2 Å². The van der Waals surface area contributed by atoms with E-state index in [1.807, 2.05) is 6.08 Å². The summed E-state index contributed by atoms with van der Waals surface area (Å²) in [5.41, 5.74) is 1.91. The Morgan fingerprint density at radius 2 is 1.79 bits per heavy atom. The van der Waals surface area contributed by atoms with Crippen LogP contribution in [0.15, 0.2) is 35.1 Å². The zero-order chi connectivity index (χ0) is 10.1. The van der Waals surface area contributed by atoms with E-state index in [4.69, 9.17) is 8.85 Å². The second kappa shape index (κ2) is 3.25. The summed E-state index contributed by atoms with van der Waals surface area (Å²) in [7, 11) is 3.19. The molecule has 3 nitrogen and oxygen atoms in total. The molecular formula is C11H12O3+2. The number of carbonyl (C=O) groups excluding carboxylic acids is 2. The molecule has 0 saturated heterocycles. The zero-order valence-electron chi connectivity index (χ0n) is 8.20. The van der Waals surface area contributed by atoms with E-state index in [-0.39, 0.29) is 0 Å². The monoisotopic (exact) mass is 192 g/mol. The van der Waals surface area contributed by atoms with Crippen LogP contribution in [-0.2, 0) is 8.85 Å². The van der Waals surface area contributed by atoms with Gasteiger partial charge >= 0.3 is 11.6 Å². The first kappa shape index (κ1) is 8.94. The Hall–Kier alpha value is -1.64. The van der Waals surface area contributed by atoms with Crippen molar-refractivity contribution in [3.8, 4) is 0 Å². The number of aliphatic hydroxyl groups is 1. The van der Waals surface area contributed by atoms with E-state index in [1.54, 1.807) is 26.4 Å². The maximum atomic E-state index is 9.53. The predicted molar refractivity (Wildman–Crippen MR) is 53.4 cm³/mol. The second-order valence-corrected chi connectivity index (χ2v) is 3.16. The fourth-order valence-corrected chi connectivity index (χ4v) is 1.64. The largest absolute Gasteiger partial charge is 0.508 e. The van der Waals surface area contributed by atoms with Crippen molar-refractivity contribution in [1.82, 2.24) is 0 Å². The van der Waals surface area contributed by atoms with Crippen molar-refractivity contribution in [2.45, 2.75) is 6.42 Å². The van der Waals surface area contributed by atoms with Gasteiger partial charge in [0.2, 0.25) is 0 Å². The fraction of sp³-hybridized carbons (Fsp3) is 0.273. The van der Waals surface area contributed by atoms with Crippen molar-refractivity contribution in [3.63, 3.8) is 0 Å². The standard InChI is InChI=1S/C11H11O3/c1-13-10-5-7-3-4-9(12)8(7)6-11(10)14-2/h4-6H,3H2,1-2H3/q+1/p+1. The number of fused-ring (bicyclic) bond motifs is 1. The lowest BCUT2D eigenvalue weighted by atomic mass is 9.98. The molecule has 1 N–H and O–H groups in total. The van der Waals surface area contributed by atoms with Gasteiger partial charge in [0, 0.05) is 5.57 Å². The van der Waals surface area contributed by atoms with Gasteiger partial charge in [0.25, 0.3) is 14.2 Å². The van der Waals surface area contributed by atoms with Crippen LogP contribution in [0, 0.1) is 0 Å². The van der Waals surface area contributed by atoms with Crippen LogP contribution in [0.3, 0.4) is 0 Å². The minimum Gasteiger partial charge on any atom is -0.508 e. The minimum absolute atomic E-state index is 0.320. The van der Waals surface area contributed by atoms with Crippen LogP contribution >= 0.6 is 0 Å². The Bertz CT molecular complexity index is 420. The first-order valence-electron chi connectivity index (χ1n) is 4.40. The molecule has 2 aliphatic rings. The molecule has 0 amide bonds. The normalized spacial score (nSPS) is 26.0. The molecule has 0 fully saturated rings. The quantitative estimate of drug-likeness (QED) is 0.349. The Morgan fingerprint density at radius 3 is 2.43 bits per heavy atom. The number of aliphatic hydroxyl groups excluding tert-OH is 1. The molecular weight excluding hydrogens is 180 g/mol. The van der Waals surface area contributed by atoms with Crippen LogP contribution in [0.5, 0.6) is 0 Å². The number of hydrogen-bond acceptors (Lipinski definition) is 1. The lowest BCUT2D eigenvalue weighted by Crippen LogP contribution is -2.18. The summed E-state index contributed by atoms with van der Waals surface area (Å²) < 4.78 is 10.3. The lowest BCUT2D eigenvalue weighted by molar-refractivity contribution is -0.434. The molecule has 0 spiro atoms. The molecule has 0 heterocycles. The van der Waals surface area contributed by atoms with Gasteiger partial charge in [-0.1, -0.05) is 0 Å². The van der Waals surface area contributed by atoms with Gasteiger partial charge in [-0.25, -0.2) is 8.85 Å². The maximum absolute atomic E-state index is 9.53. The summed E-state index contributed by atoms with van der Waals surface area (Å²) in [4.78, 5) is 0. The van der Waals surface area contributed by atoms with Crippen LogP contribution in [0.2, 0.25) is 0 Å². The van der Waals surface area contributed by atoms with Crippen LogP contribution in [0.4, 0.5) is 0 Å². The van der Waals surface area contributed by atoms with Gasteiger partial charge in [0.05, 0.1) is 12.2 Å². The lowest BCUT2D eigenvalue weighted by Gasteiger charge is -2.02. The van der Waals surface area contributed by atoms with Crippen LogP contribution in [-0.4, -0.2) is 30.9 Å². The molecule has 0 aliphatic heterocycles. The molecule has 0 aromatic rings. The van der Waals surface area contributed by atoms with Crippen molar-refractivity contribution in [1.29, 1.82) is 0 Å². The molecule has 14 heavy (non-hydrogen) atoms. The molecule has 3 heteroatoms. The molecule has 2 aliphatic carbocycles. The van der Waals surface area contributed by atoms with Crippen molar-refractivity contribution < 1.29 is 14.0 Å². The summed E-state index contributed by atoms with van der Waals surface area (Å²) in [6.45, 7) is 0. The number of ketones is 2. The average molecular weight is 192 g/mol. The molecule has 0 aromatic carbocycles. The number of allylic oxidation sites excluding steroid dienone is 4. The number of hydrogen-bond donors (Lipinski definition) is 1. The molecule has 0 bridgehead atoms. The first-order valence-corrected chi connectivity index (χ1v) is 4.40. The van der Waals surface area contributed by atoms with Gasteiger partial charge in [0.15, 0.2) is 0 Å². The van der Waals surface area contributed by atoms with E-state index in [1.165, 1.54) is 0 Å². The van der Waals surface area contributed by atoms with E-state index in [9.17, 15) is 5.11 Å². The van der Waals surface area contributed by atoms with Crippen molar-refractivity contribution in [2.24, 2.45) is 0 Å². The molecule has 0 aromatic heterocycles. The Kier molecular flexibility index (Phi) is 2.08. The molecule has 2 rings (SSSR count). The van der Waals surface area contributed by atoms with Crippen molar-refractivity contribution in [3.05, 3.63) is 35.1 Å². The van der Waals surface area contributed by atoms with Gasteiger partial charge in [-0.05, 0) is 18.1 Å². The van der Waals surface area contributed by atoms with Gasteiger partial charge in [-0.2, -0.15) is 0 Å². The number of rotatable bonds is 0. The summed E-state index contributed by atoms with van der Waals surface area (Å²) >= 11 is 0. The minimum atomic E-state index is 0.320. The van der Waals surface area contributed by atoms with E-state index >= 15 is 0 Å². The Labute approximate surface area is 82.1 Å². The molecule has 0 saturated carbocycles. The molecule has 0 radical (unpaired) electrons. The Balaban J connectivity index is 2.50. The fourth-order valence-electron chi connectivity index (χ4n) is 1.64. The van der Waals surface area contributed by atoms with Crippen molar-refractivity contribution >= 4 is 11.6 Å². The molecule has 0 unspecified atom stereocenters. The zero-order valence-corrected chi connectivity index (χ0v) is 8.20. The van der Waals surface area contributed by atoms with Gasteiger partial charge in [-0.3, -0.25) is 0 Å². The van der Waals surface area contributed by atoms with E-state index in [0.717, 1.165) is 17.6 Å². The van der Waals surface area contributed by atoms with Gasteiger partial charge < -0.3 is 5.11 Å². The summed E-state index contributed by atoms with van der Waals surface area (Å²) in [5, 5.41) is 9.53. The third kappa shape index (κ3) is 1.21. The Morgan fingerprint density at radius 1 is 1.14 bits per heavy atom. The van der Waals surface area contributed by atoms with Crippen LogP contribution < -0.4 is 0 Å². The third-order valence-corrected chi connectivity index (χ3v) is 2.40. The maximum Gasteiger partial charge on any atom is 0.445 e. The first-order chi connectivity index (χ1) is 6.76. The second-order valence-electron chi connectivity index (χ2n) is 3.16. The highest BCUT2D eigenvalue weighted by Gasteiger charge is 2.35.